The standard InChI is InChI=1S/C9H14BrN3/c10-9-8(3-4-12-9)13-5-1-2-7(11)6-13/h3-4,7,12H,1-2,5-6,11H2/t7-/m1/s1. The molecule has 4 heteroatoms. The third kappa shape index (κ3) is 1.89. The molecule has 1 aromatic rings. The van der Waals surface area contributed by atoms with Gasteiger partial charge in [0.2, 0.25) is 0 Å². The highest BCUT2D eigenvalue weighted by molar-refractivity contribution is 9.10. The van der Waals surface area contributed by atoms with Gasteiger partial charge in [-0.1, -0.05) is 0 Å². The molecule has 3 N–H and O–H groups in total. The first-order valence-corrected chi connectivity index (χ1v) is 5.40. The summed E-state index contributed by atoms with van der Waals surface area (Å²) in [6.07, 6.45) is 4.29. The number of halogens is 1. The maximum atomic E-state index is 5.91. The predicted molar refractivity (Wildman–Crippen MR) is 57.9 cm³/mol. The van der Waals surface area contributed by atoms with E-state index in [2.05, 4.69) is 31.9 Å². The minimum absolute atomic E-state index is 0.329. The van der Waals surface area contributed by atoms with Gasteiger partial charge in [-0.05, 0) is 34.8 Å². The highest BCUT2D eigenvalue weighted by Crippen LogP contribution is 2.26. The van der Waals surface area contributed by atoms with Crippen molar-refractivity contribution in [1.29, 1.82) is 0 Å². The van der Waals surface area contributed by atoms with E-state index in [1.54, 1.807) is 0 Å². The monoisotopic (exact) mass is 243 g/mol. The zero-order valence-electron chi connectivity index (χ0n) is 7.46. The van der Waals surface area contributed by atoms with Gasteiger partial charge in [0.25, 0.3) is 0 Å². The van der Waals surface area contributed by atoms with Gasteiger partial charge in [-0.15, -0.1) is 0 Å². The second-order valence-corrected chi connectivity index (χ2v) is 4.32. The van der Waals surface area contributed by atoms with Gasteiger partial charge in [0.05, 0.1) is 5.69 Å². The first-order chi connectivity index (χ1) is 6.27. The van der Waals surface area contributed by atoms with Crippen LogP contribution in [0.2, 0.25) is 0 Å². The molecule has 72 valence electrons. The number of aromatic nitrogens is 1. The van der Waals surface area contributed by atoms with E-state index in [-0.39, 0.29) is 0 Å². The Morgan fingerprint density at radius 3 is 3.08 bits per heavy atom. The van der Waals surface area contributed by atoms with Crippen LogP contribution in [-0.4, -0.2) is 24.1 Å². The SMILES string of the molecule is N[C@@H]1CCCN(c2cc[nH]c2Br)C1. The van der Waals surface area contributed by atoms with Crippen molar-refractivity contribution in [3.05, 3.63) is 16.9 Å². The Labute approximate surface area is 86.4 Å². The molecule has 2 heterocycles. The minimum atomic E-state index is 0.329. The molecule has 13 heavy (non-hydrogen) atoms. The van der Waals surface area contributed by atoms with E-state index in [1.807, 2.05) is 6.20 Å². The number of hydrogen-bond donors (Lipinski definition) is 2. The van der Waals surface area contributed by atoms with Crippen molar-refractivity contribution in [1.82, 2.24) is 4.98 Å². The van der Waals surface area contributed by atoms with Crippen molar-refractivity contribution in [3.63, 3.8) is 0 Å². The highest BCUT2D eigenvalue weighted by Gasteiger charge is 2.18. The normalized spacial score (nSPS) is 23.5. The molecular weight excluding hydrogens is 230 g/mol. The molecule has 0 unspecified atom stereocenters. The number of piperidine rings is 1. The summed E-state index contributed by atoms with van der Waals surface area (Å²) in [6, 6.07) is 2.41. The van der Waals surface area contributed by atoms with E-state index in [1.165, 1.54) is 12.1 Å². The van der Waals surface area contributed by atoms with Crippen LogP contribution in [0.15, 0.2) is 16.9 Å². The molecule has 0 aromatic carbocycles. The van der Waals surface area contributed by atoms with Crippen LogP contribution < -0.4 is 10.6 Å². The fourth-order valence-corrected chi connectivity index (χ4v) is 2.33. The van der Waals surface area contributed by atoms with E-state index in [9.17, 15) is 0 Å². The quantitative estimate of drug-likeness (QED) is 0.789. The fourth-order valence-electron chi connectivity index (χ4n) is 1.81. The lowest BCUT2D eigenvalue weighted by molar-refractivity contribution is 0.506. The van der Waals surface area contributed by atoms with Crippen LogP contribution in [-0.2, 0) is 0 Å². The first kappa shape index (κ1) is 9.09. The van der Waals surface area contributed by atoms with Crippen molar-refractivity contribution >= 4 is 21.6 Å². The van der Waals surface area contributed by atoms with Crippen LogP contribution in [0.3, 0.4) is 0 Å². The number of H-pyrrole nitrogens is 1. The van der Waals surface area contributed by atoms with Crippen LogP contribution in [0.1, 0.15) is 12.8 Å². The van der Waals surface area contributed by atoms with Crippen LogP contribution in [0.4, 0.5) is 5.69 Å². The minimum Gasteiger partial charge on any atom is -0.368 e. The summed E-state index contributed by atoms with van der Waals surface area (Å²) in [5, 5.41) is 0. The first-order valence-electron chi connectivity index (χ1n) is 4.61. The summed E-state index contributed by atoms with van der Waals surface area (Å²) in [5.74, 6) is 0. The molecule has 2 rings (SSSR count). The van der Waals surface area contributed by atoms with Gasteiger partial charge in [0.15, 0.2) is 0 Å². The molecule has 0 saturated carbocycles. The molecule has 1 aliphatic rings. The molecule has 1 aromatic heterocycles. The number of anilines is 1. The summed E-state index contributed by atoms with van der Waals surface area (Å²) in [5.41, 5.74) is 7.15. The molecule has 0 spiro atoms. The van der Waals surface area contributed by atoms with Crippen LogP contribution >= 0.6 is 15.9 Å². The second-order valence-electron chi connectivity index (χ2n) is 3.53. The second kappa shape index (κ2) is 3.72. The van der Waals surface area contributed by atoms with Gasteiger partial charge in [-0.2, -0.15) is 0 Å². The average molecular weight is 244 g/mol. The zero-order chi connectivity index (χ0) is 9.26. The van der Waals surface area contributed by atoms with Crippen molar-refractivity contribution in [2.24, 2.45) is 5.73 Å². The molecule has 0 amide bonds. The Morgan fingerprint density at radius 2 is 2.46 bits per heavy atom. The molecular formula is C9H14BrN3. The van der Waals surface area contributed by atoms with E-state index in [0.717, 1.165) is 24.1 Å². The maximum Gasteiger partial charge on any atom is 0.106 e. The average Bonchev–Trinajstić information content (AvgIpc) is 2.51. The molecule has 3 nitrogen and oxygen atoms in total. The van der Waals surface area contributed by atoms with Gasteiger partial charge in [-0.3, -0.25) is 0 Å². The van der Waals surface area contributed by atoms with Crippen molar-refractivity contribution in [3.8, 4) is 0 Å². The molecule has 1 saturated heterocycles. The van der Waals surface area contributed by atoms with Crippen molar-refractivity contribution in [2.75, 3.05) is 18.0 Å². The number of rotatable bonds is 1. The van der Waals surface area contributed by atoms with Crippen molar-refractivity contribution < 1.29 is 0 Å². The number of hydrogen-bond acceptors (Lipinski definition) is 2. The van der Waals surface area contributed by atoms with E-state index in [0.29, 0.717) is 6.04 Å². The third-order valence-corrected chi connectivity index (χ3v) is 3.11. The number of nitrogens with two attached hydrogens (primary N) is 1. The summed E-state index contributed by atoms with van der Waals surface area (Å²) in [4.78, 5) is 5.44. The van der Waals surface area contributed by atoms with Crippen LogP contribution in [0.5, 0.6) is 0 Å². The topological polar surface area (TPSA) is 45.0 Å². The molecule has 1 fully saturated rings. The Kier molecular flexibility index (Phi) is 2.60. The predicted octanol–water partition coefficient (Wildman–Crippen LogP) is 1.70. The molecule has 0 radical (unpaired) electrons. The van der Waals surface area contributed by atoms with Gasteiger partial charge in [-0.25, -0.2) is 0 Å². The van der Waals surface area contributed by atoms with E-state index in [4.69, 9.17) is 5.73 Å². The van der Waals surface area contributed by atoms with Gasteiger partial charge in [0, 0.05) is 25.3 Å². The van der Waals surface area contributed by atoms with E-state index < -0.39 is 0 Å². The Bertz CT molecular complexity index is 284. The van der Waals surface area contributed by atoms with Crippen LogP contribution in [0.25, 0.3) is 0 Å². The molecule has 1 aliphatic heterocycles. The lowest BCUT2D eigenvalue weighted by Crippen LogP contribution is -2.42. The lowest BCUT2D eigenvalue weighted by atomic mass is 10.1. The molecule has 1 atom stereocenters. The number of aromatic amines is 1. The zero-order valence-corrected chi connectivity index (χ0v) is 9.05. The van der Waals surface area contributed by atoms with Crippen LogP contribution in [0, 0.1) is 0 Å². The Balaban J connectivity index is 2.12. The van der Waals surface area contributed by atoms with Gasteiger partial charge < -0.3 is 15.6 Å². The highest BCUT2D eigenvalue weighted by atomic mass is 79.9. The molecule has 0 bridgehead atoms. The maximum absolute atomic E-state index is 5.91. The smallest absolute Gasteiger partial charge is 0.106 e. The third-order valence-electron chi connectivity index (χ3n) is 2.47. The largest absolute Gasteiger partial charge is 0.368 e. The Morgan fingerprint density at radius 1 is 1.62 bits per heavy atom. The summed E-state index contributed by atoms with van der Waals surface area (Å²) < 4.78 is 1.06. The van der Waals surface area contributed by atoms with E-state index >= 15 is 0 Å². The summed E-state index contributed by atoms with van der Waals surface area (Å²) >= 11 is 3.48. The molecule has 0 aliphatic carbocycles. The number of nitrogens with one attached hydrogen (secondary N) is 1. The lowest BCUT2D eigenvalue weighted by Gasteiger charge is -2.32. The number of nitrogens with zero attached hydrogens (tertiary/aromatic N) is 1. The van der Waals surface area contributed by atoms with Gasteiger partial charge in [0.1, 0.15) is 4.60 Å². The summed E-state index contributed by atoms with van der Waals surface area (Å²) in [7, 11) is 0. The van der Waals surface area contributed by atoms with Gasteiger partial charge >= 0.3 is 0 Å². The fraction of sp³-hybridized carbons (Fsp3) is 0.556. The Hall–Kier alpha value is -0.480. The summed E-state index contributed by atoms with van der Waals surface area (Å²) in [6.45, 7) is 2.08. The van der Waals surface area contributed by atoms with Crippen molar-refractivity contribution in [2.45, 2.75) is 18.9 Å².